The fraction of sp³-hybridized carbons (Fsp3) is 0.647. The molecule has 0 aliphatic rings. The van der Waals surface area contributed by atoms with Crippen molar-refractivity contribution in [3.8, 4) is 11.5 Å². The maximum atomic E-state index is 5.88. The van der Waals surface area contributed by atoms with Gasteiger partial charge in [-0.15, -0.1) is 0 Å². The Balaban J connectivity index is 2.39. The number of rotatable bonds is 10. The van der Waals surface area contributed by atoms with Crippen molar-refractivity contribution >= 4 is 0 Å². The van der Waals surface area contributed by atoms with Crippen molar-refractivity contribution < 1.29 is 9.47 Å². The van der Waals surface area contributed by atoms with E-state index >= 15 is 0 Å². The van der Waals surface area contributed by atoms with E-state index in [4.69, 9.17) is 9.47 Å². The van der Waals surface area contributed by atoms with Gasteiger partial charge in [-0.1, -0.05) is 32.9 Å². The molecule has 1 aromatic rings. The molecule has 3 heteroatoms. The molecule has 0 unspecified atom stereocenters. The molecule has 0 heterocycles. The number of nitrogens with one attached hydrogen (secondary N) is 1. The van der Waals surface area contributed by atoms with Crippen molar-refractivity contribution in [1.29, 1.82) is 0 Å². The molecule has 0 amide bonds. The molecule has 20 heavy (non-hydrogen) atoms. The quantitative estimate of drug-likeness (QED) is 0.659. The van der Waals surface area contributed by atoms with E-state index in [0.717, 1.165) is 31.0 Å². The highest BCUT2D eigenvalue weighted by Gasteiger charge is 2.17. The standard InChI is InChI=1S/C17H29NO2/c1-5-12-18-14-17(3,4)11-13-20-16-10-8-7-9-15(16)19-6-2/h7-10,18H,5-6,11-14H2,1-4H3. The summed E-state index contributed by atoms with van der Waals surface area (Å²) in [5.41, 5.74) is 0.246. The molecule has 114 valence electrons. The van der Waals surface area contributed by atoms with Crippen LogP contribution in [0.2, 0.25) is 0 Å². The maximum Gasteiger partial charge on any atom is 0.161 e. The van der Waals surface area contributed by atoms with Crippen molar-refractivity contribution in [3.05, 3.63) is 24.3 Å². The predicted octanol–water partition coefficient (Wildman–Crippen LogP) is 3.88. The average Bonchev–Trinajstić information content (AvgIpc) is 2.41. The van der Waals surface area contributed by atoms with E-state index in [-0.39, 0.29) is 5.41 Å². The Hall–Kier alpha value is -1.22. The van der Waals surface area contributed by atoms with Gasteiger partial charge in [0.2, 0.25) is 0 Å². The topological polar surface area (TPSA) is 30.5 Å². The van der Waals surface area contributed by atoms with Crippen molar-refractivity contribution in [2.45, 2.75) is 40.5 Å². The fourth-order valence-corrected chi connectivity index (χ4v) is 1.97. The third kappa shape index (κ3) is 6.29. The summed E-state index contributed by atoms with van der Waals surface area (Å²) in [4.78, 5) is 0. The summed E-state index contributed by atoms with van der Waals surface area (Å²) in [5.74, 6) is 1.67. The zero-order chi connectivity index (χ0) is 14.8. The average molecular weight is 279 g/mol. The summed E-state index contributed by atoms with van der Waals surface area (Å²) < 4.78 is 11.4. The first-order valence-electron chi connectivity index (χ1n) is 7.64. The second-order valence-electron chi connectivity index (χ2n) is 5.82. The highest BCUT2D eigenvalue weighted by molar-refractivity contribution is 5.39. The van der Waals surface area contributed by atoms with Gasteiger partial charge >= 0.3 is 0 Å². The molecule has 0 saturated carbocycles. The van der Waals surface area contributed by atoms with Crippen LogP contribution in [0.5, 0.6) is 11.5 Å². The third-order valence-corrected chi connectivity index (χ3v) is 3.22. The van der Waals surface area contributed by atoms with Crippen molar-refractivity contribution in [2.24, 2.45) is 5.41 Å². The highest BCUT2D eigenvalue weighted by Crippen LogP contribution is 2.27. The van der Waals surface area contributed by atoms with E-state index in [2.05, 4.69) is 26.1 Å². The fourth-order valence-electron chi connectivity index (χ4n) is 1.97. The van der Waals surface area contributed by atoms with E-state index in [9.17, 15) is 0 Å². The van der Waals surface area contributed by atoms with Gasteiger partial charge < -0.3 is 14.8 Å². The summed E-state index contributed by atoms with van der Waals surface area (Å²) in [5, 5.41) is 3.48. The van der Waals surface area contributed by atoms with Gasteiger partial charge in [-0.05, 0) is 43.9 Å². The van der Waals surface area contributed by atoms with Crippen LogP contribution < -0.4 is 14.8 Å². The number of para-hydroxylation sites is 2. The molecule has 3 nitrogen and oxygen atoms in total. The van der Waals surface area contributed by atoms with E-state index in [1.165, 1.54) is 6.42 Å². The molecule has 1 N–H and O–H groups in total. The Morgan fingerprint density at radius 1 is 1.05 bits per heavy atom. The number of hydrogen-bond donors (Lipinski definition) is 1. The monoisotopic (exact) mass is 279 g/mol. The molecule has 0 fully saturated rings. The Morgan fingerprint density at radius 2 is 1.70 bits per heavy atom. The molecule has 0 aromatic heterocycles. The van der Waals surface area contributed by atoms with Crippen LogP contribution in [0.1, 0.15) is 40.5 Å². The summed E-state index contributed by atoms with van der Waals surface area (Å²) >= 11 is 0. The summed E-state index contributed by atoms with van der Waals surface area (Å²) in [7, 11) is 0. The molecule has 0 bridgehead atoms. The van der Waals surface area contributed by atoms with Gasteiger partial charge in [-0.3, -0.25) is 0 Å². The molecule has 0 saturated heterocycles. The van der Waals surface area contributed by atoms with Crippen molar-refractivity contribution in [1.82, 2.24) is 5.32 Å². The summed E-state index contributed by atoms with van der Waals surface area (Å²) in [6, 6.07) is 7.86. The molecule has 0 aliphatic heterocycles. The molecular formula is C17H29NO2. The van der Waals surface area contributed by atoms with E-state index in [0.29, 0.717) is 13.2 Å². The second kappa shape index (κ2) is 8.85. The Labute approximate surface area is 123 Å². The number of hydrogen-bond acceptors (Lipinski definition) is 3. The predicted molar refractivity (Wildman–Crippen MR) is 84.7 cm³/mol. The van der Waals surface area contributed by atoms with E-state index < -0.39 is 0 Å². The molecule has 1 rings (SSSR count). The molecule has 1 aromatic carbocycles. The van der Waals surface area contributed by atoms with Gasteiger partial charge in [-0.25, -0.2) is 0 Å². The number of ether oxygens (including phenoxy) is 2. The van der Waals surface area contributed by atoms with Crippen LogP contribution in [0.4, 0.5) is 0 Å². The van der Waals surface area contributed by atoms with Crippen LogP contribution >= 0.6 is 0 Å². The van der Waals surface area contributed by atoms with Gasteiger partial charge in [0.25, 0.3) is 0 Å². The van der Waals surface area contributed by atoms with Crippen LogP contribution in [0.25, 0.3) is 0 Å². The first kappa shape index (κ1) is 16.8. The first-order valence-corrected chi connectivity index (χ1v) is 7.64. The minimum Gasteiger partial charge on any atom is -0.490 e. The van der Waals surface area contributed by atoms with Gasteiger partial charge in [0.15, 0.2) is 11.5 Å². The maximum absolute atomic E-state index is 5.88. The van der Waals surface area contributed by atoms with Crippen molar-refractivity contribution in [3.63, 3.8) is 0 Å². The first-order chi connectivity index (χ1) is 9.59. The number of benzene rings is 1. The Kier molecular flexibility index (Phi) is 7.45. The van der Waals surface area contributed by atoms with Crippen LogP contribution in [0.15, 0.2) is 24.3 Å². The molecule has 0 aliphatic carbocycles. The SMILES string of the molecule is CCCNCC(C)(C)CCOc1ccccc1OCC. The van der Waals surface area contributed by atoms with Crippen LogP contribution in [-0.4, -0.2) is 26.3 Å². The summed E-state index contributed by atoms with van der Waals surface area (Å²) in [6.45, 7) is 12.2. The van der Waals surface area contributed by atoms with E-state index in [1.54, 1.807) is 0 Å². The van der Waals surface area contributed by atoms with Crippen LogP contribution in [0, 0.1) is 5.41 Å². The lowest BCUT2D eigenvalue weighted by Crippen LogP contribution is -2.31. The van der Waals surface area contributed by atoms with Gasteiger partial charge in [0.1, 0.15) is 0 Å². The lowest BCUT2D eigenvalue weighted by atomic mass is 9.90. The Bertz CT molecular complexity index is 377. The normalized spacial score (nSPS) is 11.4. The molecule has 0 radical (unpaired) electrons. The minimum absolute atomic E-state index is 0.246. The lowest BCUT2D eigenvalue weighted by Gasteiger charge is -2.25. The second-order valence-corrected chi connectivity index (χ2v) is 5.82. The third-order valence-electron chi connectivity index (χ3n) is 3.22. The summed E-state index contributed by atoms with van der Waals surface area (Å²) in [6.07, 6.45) is 2.19. The van der Waals surface area contributed by atoms with Crippen molar-refractivity contribution in [2.75, 3.05) is 26.3 Å². The largest absolute Gasteiger partial charge is 0.490 e. The van der Waals surface area contributed by atoms with Crippen LogP contribution in [-0.2, 0) is 0 Å². The zero-order valence-corrected chi connectivity index (χ0v) is 13.4. The van der Waals surface area contributed by atoms with Crippen LogP contribution in [0.3, 0.4) is 0 Å². The van der Waals surface area contributed by atoms with E-state index in [1.807, 2.05) is 31.2 Å². The van der Waals surface area contributed by atoms with Gasteiger partial charge in [-0.2, -0.15) is 0 Å². The molecular weight excluding hydrogens is 250 g/mol. The Morgan fingerprint density at radius 3 is 2.30 bits per heavy atom. The van der Waals surface area contributed by atoms with Gasteiger partial charge in [0.05, 0.1) is 13.2 Å². The molecule has 0 atom stereocenters. The zero-order valence-electron chi connectivity index (χ0n) is 13.4. The molecule has 0 spiro atoms. The smallest absolute Gasteiger partial charge is 0.161 e. The highest BCUT2D eigenvalue weighted by atomic mass is 16.5. The lowest BCUT2D eigenvalue weighted by molar-refractivity contribution is 0.213. The van der Waals surface area contributed by atoms with Gasteiger partial charge in [0, 0.05) is 6.54 Å². The minimum atomic E-state index is 0.246.